The third-order valence-corrected chi connectivity index (χ3v) is 1.44. The van der Waals surface area contributed by atoms with Gasteiger partial charge < -0.3 is 5.11 Å². The zero-order valence-electron chi connectivity index (χ0n) is 11.5. The summed E-state index contributed by atoms with van der Waals surface area (Å²) in [5.74, 6) is -0.898. The van der Waals surface area contributed by atoms with Crippen LogP contribution in [0.25, 0.3) is 0 Å². The fourth-order valence-corrected chi connectivity index (χ4v) is 0.925. The zero-order chi connectivity index (χ0) is 14.1. The predicted molar refractivity (Wildman–Crippen MR) is 73.0 cm³/mol. The number of carbonyl (C=O) groups is 1. The molecule has 0 amide bonds. The van der Waals surface area contributed by atoms with E-state index in [1.807, 2.05) is 45.9 Å². The lowest BCUT2D eigenvalue weighted by molar-refractivity contribution is -0.131. The Morgan fingerprint density at radius 1 is 1.24 bits per heavy atom. The van der Waals surface area contributed by atoms with Gasteiger partial charge in [0, 0.05) is 6.08 Å². The van der Waals surface area contributed by atoms with Gasteiger partial charge in [-0.2, -0.15) is 0 Å². The Kier molecular flexibility index (Phi) is 24.8. The molecular weight excluding hydrogens is 219 g/mol. The van der Waals surface area contributed by atoms with Crippen LogP contribution >= 0.6 is 0 Å². The van der Waals surface area contributed by atoms with Crippen molar-refractivity contribution in [1.29, 1.82) is 0 Å². The van der Waals surface area contributed by atoms with Crippen molar-refractivity contribution in [3.05, 3.63) is 36.0 Å². The van der Waals surface area contributed by atoms with E-state index in [0.717, 1.165) is 24.5 Å². The van der Waals surface area contributed by atoms with E-state index in [1.165, 1.54) is 0 Å². The van der Waals surface area contributed by atoms with Crippen molar-refractivity contribution in [1.82, 2.24) is 0 Å². The monoisotopic (exact) mass is 244 g/mol. The smallest absolute Gasteiger partial charge is 0.328 e. The molecule has 2 nitrogen and oxygen atoms in total. The molecule has 0 saturated carbocycles. The molecule has 0 aromatic rings. The Balaban J connectivity index is -0.000000285. The van der Waals surface area contributed by atoms with Crippen LogP contribution in [0.1, 0.15) is 40.5 Å². The van der Waals surface area contributed by atoms with E-state index in [9.17, 15) is 9.18 Å². The number of rotatable bonds is 2. The summed E-state index contributed by atoms with van der Waals surface area (Å²) in [6.45, 7) is 8.00. The van der Waals surface area contributed by atoms with Crippen LogP contribution in [0.4, 0.5) is 4.39 Å². The van der Waals surface area contributed by atoms with Crippen molar-refractivity contribution in [2.75, 3.05) is 7.18 Å². The Morgan fingerprint density at radius 3 is 2.12 bits per heavy atom. The summed E-state index contributed by atoms with van der Waals surface area (Å²) in [4.78, 5) is 10.1. The maximum atomic E-state index is 10.1. The molecule has 0 bridgehead atoms. The molecule has 3 heteroatoms. The summed E-state index contributed by atoms with van der Waals surface area (Å²) in [6, 6.07) is 0. The molecule has 17 heavy (non-hydrogen) atoms. The quantitative estimate of drug-likeness (QED) is 0.724. The van der Waals surface area contributed by atoms with Gasteiger partial charge in [-0.3, -0.25) is 4.39 Å². The highest BCUT2D eigenvalue weighted by Gasteiger charge is 1.92. The Bertz CT molecular complexity index is 241. The lowest BCUT2D eigenvalue weighted by Crippen LogP contribution is -1.87. The number of carboxylic acids is 1. The van der Waals surface area contributed by atoms with Crippen LogP contribution in [-0.4, -0.2) is 18.3 Å². The number of alkyl halides is 1. The van der Waals surface area contributed by atoms with Crippen LogP contribution in [-0.2, 0) is 4.79 Å². The van der Waals surface area contributed by atoms with Crippen molar-refractivity contribution in [3.63, 3.8) is 0 Å². The van der Waals surface area contributed by atoms with Crippen LogP contribution < -0.4 is 0 Å². The molecule has 0 heterocycles. The molecule has 1 N–H and O–H groups in total. The second-order valence-electron chi connectivity index (χ2n) is 2.36. The zero-order valence-corrected chi connectivity index (χ0v) is 11.5. The van der Waals surface area contributed by atoms with Crippen LogP contribution in [0.5, 0.6) is 0 Å². The summed E-state index contributed by atoms with van der Waals surface area (Å²) < 4.78 is 9.50. The summed E-state index contributed by atoms with van der Waals surface area (Å²) in [7, 11) is 0.500. The molecule has 0 spiro atoms. The topological polar surface area (TPSA) is 37.3 Å². The number of halogens is 1. The second-order valence-corrected chi connectivity index (χ2v) is 2.36. The number of carboxylic acid groups (broad SMARTS) is 1. The average Bonchev–Trinajstić information content (AvgIpc) is 2.44. The highest BCUT2D eigenvalue weighted by Crippen LogP contribution is 2.09. The highest BCUT2D eigenvalue weighted by atomic mass is 19.1. The number of hydrogen-bond acceptors (Lipinski definition) is 1. The molecular formula is C14H25FO2. The maximum absolute atomic E-state index is 10.1. The normalized spacial score (nSPS) is 12.0. The Morgan fingerprint density at radius 2 is 1.76 bits per heavy atom. The molecule has 100 valence electrons. The number of hydrogen-bond donors (Lipinski definition) is 1. The van der Waals surface area contributed by atoms with Crippen LogP contribution in [0, 0.1) is 0 Å². The van der Waals surface area contributed by atoms with E-state index < -0.39 is 5.97 Å². The van der Waals surface area contributed by atoms with Gasteiger partial charge >= 0.3 is 5.97 Å². The first kappa shape index (κ1) is 21.0. The van der Waals surface area contributed by atoms with Crippen molar-refractivity contribution < 1.29 is 14.3 Å². The molecule has 0 aromatic heterocycles. The Labute approximate surface area is 105 Å². The molecule has 0 fully saturated rings. The summed E-state index contributed by atoms with van der Waals surface area (Å²) in [5, 5.41) is 8.31. The average molecular weight is 244 g/mol. The molecule has 0 saturated heterocycles. The van der Waals surface area contributed by atoms with Gasteiger partial charge in [0.1, 0.15) is 0 Å². The van der Waals surface area contributed by atoms with Gasteiger partial charge in [-0.25, -0.2) is 4.79 Å². The van der Waals surface area contributed by atoms with Crippen molar-refractivity contribution in [2.24, 2.45) is 0 Å². The maximum Gasteiger partial charge on any atom is 0.328 e. The number of aliphatic carboxylic acids is 1. The van der Waals surface area contributed by atoms with Crippen LogP contribution in [0.3, 0.4) is 0 Å². The first-order chi connectivity index (χ1) is 8.29. The minimum Gasteiger partial charge on any atom is -0.478 e. The van der Waals surface area contributed by atoms with Gasteiger partial charge in [-0.15, -0.1) is 0 Å². The summed E-state index contributed by atoms with van der Waals surface area (Å²) in [5.41, 5.74) is 0.985. The van der Waals surface area contributed by atoms with Crippen molar-refractivity contribution in [3.8, 4) is 0 Å². The van der Waals surface area contributed by atoms with Gasteiger partial charge in [-0.05, 0) is 24.5 Å². The van der Waals surface area contributed by atoms with Gasteiger partial charge in [0.25, 0.3) is 0 Å². The fraction of sp³-hybridized carbons (Fsp3) is 0.500. The molecule has 1 rings (SSSR count). The molecule has 0 atom stereocenters. The fourth-order valence-electron chi connectivity index (χ4n) is 0.925. The van der Waals surface area contributed by atoms with Gasteiger partial charge in [0.05, 0.1) is 7.18 Å². The SMILES string of the molecule is CC.CC.CF.O=C(O)/C=C/C1=CCCC=C1. The van der Waals surface area contributed by atoms with Gasteiger partial charge in [-0.1, -0.05) is 45.9 Å². The van der Waals surface area contributed by atoms with Crippen molar-refractivity contribution >= 4 is 5.97 Å². The standard InChI is InChI=1S/C9H10O2.2C2H6.CH3F/c10-9(11)7-6-8-4-2-1-3-5-8;3*1-2/h2,4-7H,1,3H2,(H,10,11);2*1-2H3;1H3/b7-6+;;;. The van der Waals surface area contributed by atoms with E-state index in [4.69, 9.17) is 5.11 Å². The first-order valence-electron chi connectivity index (χ1n) is 5.94. The molecule has 0 radical (unpaired) electrons. The molecule has 0 aliphatic heterocycles. The lowest BCUT2D eigenvalue weighted by atomic mass is 10.1. The van der Waals surface area contributed by atoms with Gasteiger partial charge in [0.15, 0.2) is 0 Å². The molecule has 1 aliphatic rings. The van der Waals surface area contributed by atoms with Crippen LogP contribution in [0.2, 0.25) is 0 Å². The van der Waals surface area contributed by atoms with E-state index in [1.54, 1.807) is 6.08 Å². The highest BCUT2D eigenvalue weighted by molar-refractivity contribution is 5.80. The molecule has 1 aliphatic carbocycles. The summed E-state index contributed by atoms with van der Waals surface area (Å²) >= 11 is 0. The van der Waals surface area contributed by atoms with E-state index >= 15 is 0 Å². The second kappa shape index (κ2) is 20.1. The first-order valence-corrected chi connectivity index (χ1v) is 5.94. The van der Waals surface area contributed by atoms with Gasteiger partial charge in [0.2, 0.25) is 0 Å². The summed E-state index contributed by atoms with van der Waals surface area (Å²) in [6.07, 6.45) is 10.8. The minimum absolute atomic E-state index is 0.500. The van der Waals surface area contributed by atoms with Crippen molar-refractivity contribution in [2.45, 2.75) is 40.5 Å². The predicted octanol–water partition coefficient (Wildman–Crippen LogP) is 4.54. The molecule has 0 aromatic carbocycles. The van der Waals surface area contributed by atoms with E-state index in [0.29, 0.717) is 7.18 Å². The minimum atomic E-state index is -0.898. The largest absolute Gasteiger partial charge is 0.478 e. The van der Waals surface area contributed by atoms with E-state index in [-0.39, 0.29) is 0 Å². The van der Waals surface area contributed by atoms with E-state index in [2.05, 4.69) is 0 Å². The third-order valence-electron chi connectivity index (χ3n) is 1.44. The Hall–Kier alpha value is -1.38. The lowest BCUT2D eigenvalue weighted by Gasteiger charge is -1.99. The molecule has 0 unspecified atom stereocenters. The third kappa shape index (κ3) is 17.2. The number of allylic oxidation sites excluding steroid dienone is 5. The van der Waals surface area contributed by atoms with Crippen LogP contribution in [0.15, 0.2) is 36.0 Å².